The van der Waals surface area contributed by atoms with E-state index in [2.05, 4.69) is 33.8 Å². The van der Waals surface area contributed by atoms with E-state index in [0.29, 0.717) is 39.6 Å². The van der Waals surface area contributed by atoms with Gasteiger partial charge >= 0.3 is 0 Å². The number of H-pyrrole nitrogens is 1. The van der Waals surface area contributed by atoms with Gasteiger partial charge in [0.1, 0.15) is 11.3 Å². The van der Waals surface area contributed by atoms with Gasteiger partial charge in [-0.2, -0.15) is 14.6 Å². The predicted octanol–water partition coefficient (Wildman–Crippen LogP) is 5.31. The SMILES string of the molecule is Cc1c(-c2cc3ccc(-c4cccc5n[nH]c(F)c45)nc3n2CC2CC2)nn2cc(C(=O)N3CC4CCC3[C@@H]4N)ccc12. The lowest BCUT2D eigenvalue weighted by Gasteiger charge is -2.27. The van der Waals surface area contributed by atoms with E-state index in [-0.39, 0.29) is 18.0 Å². The highest BCUT2D eigenvalue weighted by atomic mass is 19.1. The zero-order valence-corrected chi connectivity index (χ0v) is 23.8. The molecular formula is C33H31FN8O. The number of likely N-dealkylation sites (tertiary alicyclic amines) is 1. The summed E-state index contributed by atoms with van der Waals surface area (Å²) in [6, 6.07) is 15.8. The van der Waals surface area contributed by atoms with Gasteiger partial charge in [0.2, 0.25) is 5.95 Å². The third-order valence-electron chi connectivity index (χ3n) is 9.97. The molecule has 1 saturated heterocycles. The topological polar surface area (TPSA) is 110 Å². The molecule has 3 aliphatic rings. The van der Waals surface area contributed by atoms with Crippen molar-refractivity contribution >= 4 is 33.4 Å². The predicted molar refractivity (Wildman–Crippen MR) is 162 cm³/mol. The Hall–Kier alpha value is -4.57. The molecule has 5 aromatic heterocycles. The number of carbonyl (C=O) groups is 1. The molecule has 0 radical (unpaired) electrons. The van der Waals surface area contributed by atoms with E-state index >= 15 is 0 Å². The number of nitrogens with one attached hydrogen (secondary N) is 1. The molecule has 1 aromatic carbocycles. The number of hydrogen-bond donors (Lipinski definition) is 2. The highest BCUT2D eigenvalue weighted by Gasteiger charge is 2.46. The van der Waals surface area contributed by atoms with E-state index in [4.69, 9.17) is 15.8 Å². The normalized spacial score (nSPS) is 21.7. The minimum atomic E-state index is -0.459. The molecule has 0 spiro atoms. The molecule has 9 rings (SSSR count). The zero-order valence-electron chi connectivity index (χ0n) is 23.8. The molecule has 10 heteroatoms. The Morgan fingerprint density at radius 2 is 2.00 bits per heavy atom. The maximum atomic E-state index is 14.7. The van der Waals surface area contributed by atoms with Crippen LogP contribution in [0.1, 0.15) is 41.6 Å². The first-order valence-electron chi connectivity index (χ1n) is 15.1. The number of amides is 1. The summed E-state index contributed by atoms with van der Waals surface area (Å²) in [4.78, 5) is 20.6. The van der Waals surface area contributed by atoms with Gasteiger partial charge in [0.05, 0.1) is 33.4 Å². The molecule has 43 heavy (non-hydrogen) atoms. The summed E-state index contributed by atoms with van der Waals surface area (Å²) >= 11 is 0. The Morgan fingerprint density at radius 3 is 2.79 bits per heavy atom. The Kier molecular flexibility index (Phi) is 5.21. The third-order valence-corrected chi connectivity index (χ3v) is 9.97. The molecule has 1 aliphatic heterocycles. The average molecular weight is 575 g/mol. The van der Waals surface area contributed by atoms with Crippen LogP contribution >= 0.6 is 0 Å². The molecular weight excluding hydrogens is 543 g/mol. The van der Waals surface area contributed by atoms with Crippen LogP contribution in [0.4, 0.5) is 4.39 Å². The molecule has 2 saturated carbocycles. The molecule has 9 nitrogen and oxygen atoms in total. The van der Waals surface area contributed by atoms with Crippen LogP contribution in [0.3, 0.4) is 0 Å². The Balaban J connectivity index is 1.15. The number of carbonyl (C=O) groups excluding carboxylic acids is 1. The quantitative estimate of drug-likeness (QED) is 0.290. The molecule has 216 valence electrons. The Morgan fingerprint density at radius 1 is 1.12 bits per heavy atom. The zero-order chi connectivity index (χ0) is 29.0. The summed E-state index contributed by atoms with van der Waals surface area (Å²) in [6.45, 7) is 3.66. The highest BCUT2D eigenvalue weighted by molar-refractivity contribution is 5.96. The first-order chi connectivity index (χ1) is 20.9. The first kappa shape index (κ1) is 25.0. The van der Waals surface area contributed by atoms with Crippen molar-refractivity contribution in [2.75, 3.05) is 6.54 Å². The van der Waals surface area contributed by atoms with E-state index in [1.54, 1.807) is 6.07 Å². The van der Waals surface area contributed by atoms with Crippen LogP contribution in [-0.4, -0.2) is 58.8 Å². The fourth-order valence-corrected chi connectivity index (χ4v) is 7.45. The average Bonchev–Trinajstić information content (AvgIpc) is 3.24. The van der Waals surface area contributed by atoms with Crippen molar-refractivity contribution < 1.29 is 9.18 Å². The Bertz CT molecular complexity index is 2100. The second-order valence-corrected chi connectivity index (χ2v) is 12.6. The molecule has 6 aromatic rings. The molecule has 2 aliphatic carbocycles. The highest BCUT2D eigenvalue weighted by Crippen LogP contribution is 2.39. The lowest BCUT2D eigenvalue weighted by molar-refractivity contribution is 0.0700. The number of nitrogens with zero attached hydrogens (tertiary/aromatic N) is 6. The van der Waals surface area contributed by atoms with Crippen molar-refractivity contribution in [1.29, 1.82) is 0 Å². The molecule has 3 fully saturated rings. The third kappa shape index (κ3) is 3.72. The number of nitrogens with two attached hydrogens (primary N) is 1. The van der Waals surface area contributed by atoms with Crippen molar-refractivity contribution in [2.24, 2.45) is 17.6 Å². The summed E-state index contributed by atoms with van der Waals surface area (Å²) in [6.07, 6.45) is 6.33. The minimum Gasteiger partial charge on any atom is -0.334 e. The van der Waals surface area contributed by atoms with Gasteiger partial charge in [-0.1, -0.05) is 12.1 Å². The monoisotopic (exact) mass is 574 g/mol. The summed E-state index contributed by atoms with van der Waals surface area (Å²) < 4.78 is 18.8. The number of benzene rings is 1. The van der Waals surface area contributed by atoms with E-state index in [9.17, 15) is 9.18 Å². The maximum Gasteiger partial charge on any atom is 0.255 e. The van der Waals surface area contributed by atoms with Gasteiger partial charge < -0.3 is 15.2 Å². The lowest BCUT2D eigenvalue weighted by Crippen LogP contribution is -2.41. The summed E-state index contributed by atoms with van der Waals surface area (Å²) in [7, 11) is 0. The number of aryl methyl sites for hydroxylation is 1. The number of halogens is 1. The van der Waals surface area contributed by atoms with Crippen LogP contribution in [0.25, 0.3) is 50.1 Å². The van der Waals surface area contributed by atoms with Gasteiger partial charge in [-0.25, -0.2) is 9.50 Å². The second kappa shape index (κ2) is 8.97. The minimum absolute atomic E-state index is 0.0305. The van der Waals surface area contributed by atoms with Crippen LogP contribution < -0.4 is 5.73 Å². The van der Waals surface area contributed by atoms with E-state index in [1.165, 1.54) is 12.8 Å². The molecule has 1 amide bonds. The van der Waals surface area contributed by atoms with Crippen molar-refractivity contribution in [3.05, 3.63) is 71.8 Å². The number of piperidine rings is 1. The van der Waals surface area contributed by atoms with Crippen LogP contribution in [0.2, 0.25) is 0 Å². The molecule has 2 bridgehead atoms. The second-order valence-electron chi connectivity index (χ2n) is 12.6. The van der Waals surface area contributed by atoms with Crippen molar-refractivity contribution in [2.45, 2.75) is 51.2 Å². The van der Waals surface area contributed by atoms with Crippen LogP contribution in [0.15, 0.2) is 54.7 Å². The maximum absolute atomic E-state index is 14.7. The van der Waals surface area contributed by atoms with Gasteiger partial charge in [-0.3, -0.25) is 9.89 Å². The standard InChI is InChI=1S/C33H31FN8O/c1-17-25-11-9-21(33(43)41-15-20-8-12-26(41)29(20)35)16-42(25)39-30(17)27-13-19-7-10-23(36-32(19)40(27)14-18-5-6-18)22-3-2-4-24-28(22)31(34)38-37-24/h2-4,7,9-11,13,16,18,20,26,29H,5-6,8,12,14-15,35H2,1H3,(H,37,38)/t20?,26?,29-/m1/s1. The number of rotatable bonds is 5. The summed E-state index contributed by atoms with van der Waals surface area (Å²) in [5, 5.41) is 13.0. The number of aromatic nitrogens is 6. The lowest BCUT2D eigenvalue weighted by atomic mass is 10.1. The number of aromatic amines is 1. The van der Waals surface area contributed by atoms with Crippen molar-refractivity contribution in [3.63, 3.8) is 0 Å². The van der Waals surface area contributed by atoms with Crippen LogP contribution in [-0.2, 0) is 6.54 Å². The van der Waals surface area contributed by atoms with Crippen molar-refractivity contribution in [1.82, 2.24) is 34.3 Å². The molecule has 2 unspecified atom stereocenters. The number of fused-ring (bicyclic) bond motifs is 5. The summed E-state index contributed by atoms with van der Waals surface area (Å²) in [5.41, 5.74) is 13.7. The van der Waals surface area contributed by atoms with Crippen LogP contribution in [0, 0.1) is 24.7 Å². The molecule has 6 heterocycles. The van der Waals surface area contributed by atoms with E-state index in [0.717, 1.165) is 59.4 Å². The number of pyridine rings is 2. The van der Waals surface area contributed by atoms with E-state index < -0.39 is 5.95 Å². The van der Waals surface area contributed by atoms with Gasteiger partial charge in [0.15, 0.2) is 0 Å². The largest absolute Gasteiger partial charge is 0.334 e. The van der Waals surface area contributed by atoms with Gasteiger partial charge in [-0.05, 0) is 80.8 Å². The molecule has 3 N–H and O–H groups in total. The molecule has 3 atom stereocenters. The number of hydrogen-bond acceptors (Lipinski definition) is 5. The fourth-order valence-electron chi connectivity index (χ4n) is 7.45. The van der Waals surface area contributed by atoms with Gasteiger partial charge in [0, 0.05) is 47.9 Å². The van der Waals surface area contributed by atoms with Crippen molar-refractivity contribution in [3.8, 4) is 22.6 Å². The van der Waals surface area contributed by atoms with Crippen LogP contribution in [0.5, 0.6) is 0 Å². The van der Waals surface area contributed by atoms with E-state index in [1.807, 2.05) is 45.9 Å². The Labute approximate surface area is 246 Å². The van der Waals surface area contributed by atoms with Gasteiger partial charge in [0.25, 0.3) is 5.91 Å². The summed E-state index contributed by atoms with van der Waals surface area (Å²) in [5.74, 6) is 0.575. The first-order valence-corrected chi connectivity index (χ1v) is 15.1. The van der Waals surface area contributed by atoms with Gasteiger partial charge in [-0.15, -0.1) is 0 Å². The smallest absolute Gasteiger partial charge is 0.255 e. The fraction of sp³-hybridized carbons (Fsp3) is 0.333.